The third-order valence-corrected chi connectivity index (χ3v) is 2.25. The molecule has 3 nitrogen and oxygen atoms in total. The summed E-state index contributed by atoms with van der Waals surface area (Å²) in [6, 6.07) is 2.00. The zero-order chi connectivity index (χ0) is 10.9. The van der Waals surface area contributed by atoms with Crippen LogP contribution in [0.5, 0.6) is 0 Å². The van der Waals surface area contributed by atoms with Crippen molar-refractivity contribution in [2.24, 2.45) is 0 Å². The molecular formula is C7H3Cl2F2NO2. The Kier molecular flexibility index (Phi) is 3.23. The monoisotopic (exact) mass is 241 g/mol. The van der Waals surface area contributed by atoms with Crippen LogP contribution in [0.2, 0.25) is 10.0 Å². The molecule has 76 valence electrons. The van der Waals surface area contributed by atoms with Crippen molar-refractivity contribution >= 4 is 28.9 Å². The molecule has 1 aromatic rings. The predicted molar refractivity (Wildman–Crippen MR) is 48.1 cm³/mol. The van der Waals surface area contributed by atoms with Crippen LogP contribution in [0.25, 0.3) is 0 Å². The molecule has 0 atom stereocenters. The van der Waals surface area contributed by atoms with Gasteiger partial charge in [-0.2, -0.15) is 0 Å². The van der Waals surface area contributed by atoms with Gasteiger partial charge in [0, 0.05) is 6.07 Å². The minimum atomic E-state index is -2.94. The molecule has 0 radical (unpaired) electrons. The molecule has 0 aliphatic rings. The topological polar surface area (TPSA) is 43.1 Å². The van der Waals surface area contributed by atoms with Crippen LogP contribution in [0, 0.1) is 10.1 Å². The fraction of sp³-hybridized carbons (Fsp3) is 0.143. The maximum absolute atomic E-state index is 12.3. The highest BCUT2D eigenvalue weighted by Crippen LogP contribution is 2.38. The highest BCUT2D eigenvalue weighted by atomic mass is 35.5. The van der Waals surface area contributed by atoms with Gasteiger partial charge in [-0.3, -0.25) is 10.1 Å². The molecule has 0 saturated carbocycles. The van der Waals surface area contributed by atoms with Gasteiger partial charge in [0.2, 0.25) is 0 Å². The highest BCUT2D eigenvalue weighted by Gasteiger charge is 2.24. The van der Waals surface area contributed by atoms with Crippen LogP contribution in [0.15, 0.2) is 12.1 Å². The quantitative estimate of drug-likeness (QED) is 0.584. The van der Waals surface area contributed by atoms with E-state index in [0.717, 1.165) is 12.1 Å². The fourth-order valence-electron chi connectivity index (χ4n) is 0.899. The Hall–Kier alpha value is -0.940. The van der Waals surface area contributed by atoms with E-state index in [4.69, 9.17) is 23.2 Å². The zero-order valence-corrected chi connectivity index (χ0v) is 8.02. The lowest BCUT2D eigenvalue weighted by molar-refractivity contribution is -0.384. The summed E-state index contributed by atoms with van der Waals surface area (Å²) < 4.78 is 24.7. The maximum atomic E-state index is 12.3. The average molecular weight is 242 g/mol. The number of nitrogens with zero attached hydrogens (tertiary/aromatic N) is 1. The van der Waals surface area contributed by atoms with Crippen LogP contribution >= 0.6 is 23.2 Å². The maximum Gasteiger partial charge on any atom is 0.288 e. The Bertz CT molecular complexity index is 384. The van der Waals surface area contributed by atoms with E-state index < -0.39 is 27.6 Å². The van der Waals surface area contributed by atoms with E-state index in [1.165, 1.54) is 0 Å². The van der Waals surface area contributed by atoms with E-state index in [-0.39, 0.29) is 5.02 Å². The lowest BCUT2D eigenvalue weighted by Gasteiger charge is -2.05. The van der Waals surface area contributed by atoms with E-state index in [2.05, 4.69) is 0 Å². The van der Waals surface area contributed by atoms with E-state index in [0.29, 0.717) is 0 Å². The highest BCUT2D eigenvalue weighted by molar-refractivity contribution is 6.37. The molecule has 1 aromatic carbocycles. The van der Waals surface area contributed by atoms with E-state index in [1.807, 2.05) is 0 Å². The molecule has 0 bridgehead atoms. The summed E-state index contributed by atoms with van der Waals surface area (Å²) >= 11 is 10.8. The Morgan fingerprint density at radius 3 is 2.36 bits per heavy atom. The molecule has 14 heavy (non-hydrogen) atoms. The molecular weight excluding hydrogens is 239 g/mol. The molecule has 7 heteroatoms. The number of benzene rings is 1. The Morgan fingerprint density at radius 1 is 1.36 bits per heavy atom. The van der Waals surface area contributed by atoms with E-state index in [1.54, 1.807) is 0 Å². The van der Waals surface area contributed by atoms with Crippen molar-refractivity contribution in [3.63, 3.8) is 0 Å². The predicted octanol–water partition coefficient (Wildman–Crippen LogP) is 3.84. The van der Waals surface area contributed by atoms with Crippen LogP contribution in [-0.2, 0) is 0 Å². The minimum absolute atomic E-state index is 0.282. The molecule has 0 aliphatic heterocycles. The number of hydrogen-bond acceptors (Lipinski definition) is 2. The van der Waals surface area contributed by atoms with Crippen LogP contribution in [0.3, 0.4) is 0 Å². The van der Waals surface area contributed by atoms with Gasteiger partial charge in [0.1, 0.15) is 5.02 Å². The van der Waals surface area contributed by atoms with Crippen molar-refractivity contribution < 1.29 is 13.7 Å². The smallest absolute Gasteiger partial charge is 0.258 e. The van der Waals surface area contributed by atoms with Gasteiger partial charge in [0.15, 0.2) is 0 Å². The minimum Gasteiger partial charge on any atom is -0.258 e. The Morgan fingerprint density at radius 2 is 1.93 bits per heavy atom. The third kappa shape index (κ3) is 1.93. The second-order valence-corrected chi connectivity index (χ2v) is 3.14. The number of alkyl halides is 2. The largest absolute Gasteiger partial charge is 0.288 e. The second kappa shape index (κ2) is 4.06. The molecule has 0 saturated heterocycles. The standard InChI is InChI=1S/C7H3Cl2F2NO2/c8-3-1-2-4(12(13)14)6(9)5(3)7(10)11/h1-2,7H. The molecule has 0 N–H and O–H groups in total. The fourth-order valence-corrected chi connectivity index (χ4v) is 1.50. The first-order valence-electron chi connectivity index (χ1n) is 3.35. The normalized spacial score (nSPS) is 10.6. The van der Waals surface area contributed by atoms with Crippen molar-refractivity contribution in [2.75, 3.05) is 0 Å². The SMILES string of the molecule is O=[N+]([O-])c1ccc(Cl)c(C(F)F)c1Cl. The Labute approximate surface area is 87.4 Å². The first-order chi connectivity index (χ1) is 6.45. The van der Waals surface area contributed by atoms with Gasteiger partial charge in [0.25, 0.3) is 12.1 Å². The molecule has 0 amide bonds. The summed E-state index contributed by atoms with van der Waals surface area (Å²) in [6.45, 7) is 0. The summed E-state index contributed by atoms with van der Waals surface area (Å²) in [6.07, 6.45) is -2.94. The molecule has 1 rings (SSSR count). The number of nitro groups is 1. The van der Waals surface area contributed by atoms with Crippen molar-refractivity contribution in [1.29, 1.82) is 0 Å². The lowest BCUT2D eigenvalue weighted by atomic mass is 10.2. The molecule has 0 aromatic heterocycles. The number of rotatable bonds is 2. The summed E-state index contributed by atoms with van der Waals surface area (Å²) in [4.78, 5) is 9.50. The van der Waals surface area contributed by atoms with E-state index in [9.17, 15) is 18.9 Å². The number of halogens is 4. The van der Waals surface area contributed by atoms with Gasteiger partial charge in [-0.25, -0.2) is 8.78 Å². The molecule has 0 fully saturated rings. The van der Waals surface area contributed by atoms with E-state index >= 15 is 0 Å². The summed E-state index contributed by atoms with van der Waals surface area (Å²) in [5.74, 6) is 0. The van der Waals surface area contributed by atoms with Crippen molar-refractivity contribution in [3.8, 4) is 0 Å². The molecule has 0 heterocycles. The van der Waals surface area contributed by atoms with Crippen LogP contribution in [0.4, 0.5) is 14.5 Å². The van der Waals surface area contributed by atoms with Gasteiger partial charge in [-0.05, 0) is 6.07 Å². The van der Waals surface area contributed by atoms with Gasteiger partial charge in [-0.15, -0.1) is 0 Å². The summed E-state index contributed by atoms with van der Waals surface area (Å²) in [5.41, 5.74) is -1.28. The van der Waals surface area contributed by atoms with Crippen LogP contribution < -0.4 is 0 Å². The van der Waals surface area contributed by atoms with Crippen LogP contribution in [0.1, 0.15) is 12.0 Å². The van der Waals surface area contributed by atoms with Crippen LogP contribution in [-0.4, -0.2) is 4.92 Å². The van der Waals surface area contributed by atoms with Crippen molar-refractivity contribution in [2.45, 2.75) is 6.43 Å². The summed E-state index contributed by atoms with van der Waals surface area (Å²) in [5, 5.41) is 9.45. The first-order valence-corrected chi connectivity index (χ1v) is 4.11. The number of nitro benzene ring substituents is 1. The van der Waals surface area contributed by atoms with Gasteiger partial charge >= 0.3 is 0 Å². The third-order valence-electron chi connectivity index (χ3n) is 1.52. The van der Waals surface area contributed by atoms with Gasteiger partial charge < -0.3 is 0 Å². The molecule has 0 aliphatic carbocycles. The average Bonchev–Trinajstić information content (AvgIpc) is 2.02. The Balaban J connectivity index is 3.41. The molecule has 0 spiro atoms. The first kappa shape index (κ1) is 11.1. The zero-order valence-electron chi connectivity index (χ0n) is 6.51. The summed E-state index contributed by atoms with van der Waals surface area (Å²) in [7, 11) is 0. The lowest BCUT2D eigenvalue weighted by Crippen LogP contribution is -1.94. The van der Waals surface area contributed by atoms with Crippen molar-refractivity contribution in [3.05, 3.63) is 37.9 Å². The van der Waals surface area contributed by atoms with Crippen molar-refractivity contribution in [1.82, 2.24) is 0 Å². The van der Waals surface area contributed by atoms with Gasteiger partial charge in [-0.1, -0.05) is 23.2 Å². The van der Waals surface area contributed by atoms with Gasteiger partial charge in [0.05, 0.1) is 15.5 Å². The second-order valence-electron chi connectivity index (χ2n) is 2.35. The molecule has 0 unspecified atom stereocenters. The number of hydrogen-bond donors (Lipinski definition) is 0.